The van der Waals surface area contributed by atoms with Gasteiger partial charge in [-0.1, -0.05) is 43.9 Å². The lowest BCUT2D eigenvalue weighted by molar-refractivity contribution is 0.0501. The highest BCUT2D eigenvalue weighted by atomic mass is 16.5. The number of nitrogens with one attached hydrogen (secondary N) is 1. The fourth-order valence-electron chi connectivity index (χ4n) is 2.39. The molecule has 1 aliphatic carbocycles. The van der Waals surface area contributed by atoms with Gasteiger partial charge in [0.25, 0.3) is 0 Å². The van der Waals surface area contributed by atoms with Crippen LogP contribution in [-0.2, 0) is 4.74 Å². The zero-order valence-corrected chi connectivity index (χ0v) is 10.5. The molecule has 0 radical (unpaired) electrons. The smallest absolute Gasteiger partial charge is 0.0642 e. The van der Waals surface area contributed by atoms with E-state index in [9.17, 15) is 0 Å². The third-order valence-electron chi connectivity index (χ3n) is 3.36. The average Bonchev–Trinajstić information content (AvgIpc) is 2.65. The van der Waals surface area contributed by atoms with Gasteiger partial charge in [-0.15, -0.1) is 0 Å². The molecule has 0 aromatic heterocycles. The number of para-hydroxylation sites is 1. The SMILES string of the molecule is c1ccc(NCCOC2CCCCCC2)cc1. The second kappa shape index (κ2) is 7.33. The summed E-state index contributed by atoms with van der Waals surface area (Å²) in [5, 5.41) is 3.37. The molecule has 0 bridgehead atoms. The van der Waals surface area contributed by atoms with E-state index in [2.05, 4.69) is 29.6 Å². The molecule has 1 aromatic rings. The molecular formula is C15H23NO. The third kappa shape index (κ3) is 4.78. The molecule has 1 fully saturated rings. The van der Waals surface area contributed by atoms with Gasteiger partial charge in [0.2, 0.25) is 0 Å². The van der Waals surface area contributed by atoms with E-state index in [1.165, 1.54) is 44.2 Å². The van der Waals surface area contributed by atoms with Crippen LogP contribution in [0.2, 0.25) is 0 Å². The van der Waals surface area contributed by atoms with Crippen molar-refractivity contribution in [3.63, 3.8) is 0 Å². The van der Waals surface area contributed by atoms with E-state index in [0.717, 1.165) is 13.2 Å². The maximum Gasteiger partial charge on any atom is 0.0642 e. The standard InChI is InChI=1S/C15H23NO/c1-2-7-11-15(10-6-1)17-13-12-16-14-8-4-3-5-9-14/h3-5,8-9,15-16H,1-2,6-7,10-13H2. The normalized spacial score (nSPS) is 17.6. The van der Waals surface area contributed by atoms with Crippen LogP contribution in [0, 0.1) is 0 Å². The minimum Gasteiger partial charge on any atom is -0.383 e. The topological polar surface area (TPSA) is 21.3 Å². The van der Waals surface area contributed by atoms with Crippen molar-refractivity contribution in [3.8, 4) is 0 Å². The quantitative estimate of drug-likeness (QED) is 0.616. The van der Waals surface area contributed by atoms with Crippen LogP contribution in [-0.4, -0.2) is 19.3 Å². The maximum absolute atomic E-state index is 5.92. The first-order chi connectivity index (χ1) is 8.45. The predicted octanol–water partition coefficient (Wildman–Crippen LogP) is 3.84. The van der Waals surface area contributed by atoms with Crippen molar-refractivity contribution in [1.29, 1.82) is 0 Å². The molecule has 2 nitrogen and oxygen atoms in total. The highest BCUT2D eigenvalue weighted by Crippen LogP contribution is 2.19. The molecule has 1 N–H and O–H groups in total. The predicted molar refractivity (Wildman–Crippen MR) is 72.4 cm³/mol. The van der Waals surface area contributed by atoms with Crippen LogP contribution in [0.4, 0.5) is 5.69 Å². The summed E-state index contributed by atoms with van der Waals surface area (Å²) in [4.78, 5) is 0. The highest BCUT2D eigenvalue weighted by Gasteiger charge is 2.11. The number of rotatable bonds is 5. The summed E-state index contributed by atoms with van der Waals surface area (Å²) in [5.74, 6) is 0. The van der Waals surface area contributed by atoms with E-state index in [1.807, 2.05) is 6.07 Å². The molecule has 2 rings (SSSR count). The van der Waals surface area contributed by atoms with Gasteiger partial charge in [-0.25, -0.2) is 0 Å². The van der Waals surface area contributed by atoms with Crippen molar-refractivity contribution in [2.24, 2.45) is 0 Å². The van der Waals surface area contributed by atoms with E-state index in [0.29, 0.717) is 6.10 Å². The van der Waals surface area contributed by atoms with Gasteiger partial charge in [0.1, 0.15) is 0 Å². The molecule has 1 saturated carbocycles. The van der Waals surface area contributed by atoms with Crippen molar-refractivity contribution in [3.05, 3.63) is 30.3 Å². The van der Waals surface area contributed by atoms with Gasteiger partial charge in [0.05, 0.1) is 12.7 Å². The zero-order valence-electron chi connectivity index (χ0n) is 10.5. The van der Waals surface area contributed by atoms with Crippen molar-refractivity contribution in [1.82, 2.24) is 0 Å². The minimum absolute atomic E-state index is 0.509. The lowest BCUT2D eigenvalue weighted by atomic mass is 10.1. The first-order valence-corrected chi connectivity index (χ1v) is 6.86. The molecular weight excluding hydrogens is 210 g/mol. The molecule has 0 amide bonds. The van der Waals surface area contributed by atoms with Gasteiger partial charge in [0.15, 0.2) is 0 Å². The van der Waals surface area contributed by atoms with Crippen molar-refractivity contribution in [2.75, 3.05) is 18.5 Å². The molecule has 0 saturated heterocycles. The number of hydrogen-bond donors (Lipinski definition) is 1. The molecule has 0 atom stereocenters. The van der Waals surface area contributed by atoms with Crippen molar-refractivity contribution in [2.45, 2.75) is 44.6 Å². The van der Waals surface area contributed by atoms with Gasteiger partial charge < -0.3 is 10.1 Å². The Morgan fingerprint density at radius 3 is 2.41 bits per heavy atom. The van der Waals surface area contributed by atoms with E-state index in [1.54, 1.807) is 0 Å². The van der Waals surface area contributed by atoms with Gasteiger partial charge in [-0.3, -0.25) is 0 Å². The molecule has 0 spiro atoms. The van der Waals surface area contributed by atoms with Gasteiger partial charge in [-0.2, -0.15) is 0 Å². The second-order valence-corrected chi connectivity index (χ2v) is 4.78. The average molecular weight is 233 g/mol. The van der Waals surface area contributed by atoms with Crippen LogP contribution >= 0.6 is 0 Å². The van der Waals surface area contributed by atoms with Crippen LogP contribution in [0.1, 0.15) is 38.5 Å². The van der Waals surface area contributed by atoms with E-state index >= 15 is 0 Å². The number of hydrogen-bond acceptors (Lipinski definition) is 2. The fourth-order valence-corrected chi connectivity index (χ4v) is 2.39. The summed E-state index contributed by atoms with van der Waals surface area (Å²) < 4.78 is 5.92. The third-order valence-corrected chi connectivity index (χ3v) is 3.36. The van der Waals surface area contributed by atoms with Crippen LogP contribution in [0.25, 0.3) is 0 Å². The molecule has 0 heterocycles. The Balaban J connectivity index is 1.59. The molecule has 0 aliphatic heterocycles. The van der Waals surface area contributed by atoms with E-state index in [-0.39, 0.29) is 0 Å². The zero-order chi connectivity index (χ0) is 11.8. The van der Waals surface area contributed by atoms with Crippen LogP contribution in [0.15, 0.2) is 30.3 Å². The summed E-state index contributed by atoms with van der Waals surface area (Å²) in [6.07, 6.45) is 8.49. The van der Waals surface area contributed by atoms with Crippen LogP contribution in [0.5, 0.6) is 0 Å². The minimum atomic E-state index is 0.509. The summed E-state index contributed by atoms with van der Waals surface area (Å²) in [7, 11) is 0. The van der Waals surface area contributed by atoms with E-state index in [4.69, 9.17) is 4.74 Å². The maximum atomic E-state index is 5.92. The van der Waals surface area contributed by atoms with E-state index < -0.39 is 0 Å². The first-order valence-electron chi connectivity index (χ1n) is 6.86. The number of anilines is 1. The summed E-state index contributed by atoms with van der Waals surface area (Å²) >= 11 is 0. The van der Waals surface area contributed by atoms with Crippen LogP contribution < -0.4 is 5.32 Å². The van der Waals surface area contributed by atoms with Crippen LogP contribution in [0.3, 0.4) is 0 Å². The molecule has 2 heteroatoms. The second-order valence-electron chi connectivity index (χ2n) is 4.78. The lowest BCUT2D eigenvalue weighted by Crippen LogP contribution is -2.17. The Bertz CT molecular complexity index is 291. The molecule has 94 valence electrons. The monoisotopic (exact) mass is 233 g/mol. The highest BCUT2D eigenvalue weighted by molar-refractivity contribution is 5.42. The van der Waals surface area contributed by atoms with Gasteiger partial charge in [-0.05, 0) is 25.0 Å². The molecule has 1 aliphatic rings. The number of ether oxygens (including phenoxy) is 1. The molecule has 1 aromatic carbocycles. The van der Waals surface area contributed by atoms with Gasteiger partial charge in [0, 0.05) is 12.2 Å². The van der Waals surface area contributed by atoms with Gasteiger partial charge >= 0.3 is 0 Å². The fraction of sp³-hybridized carbons (Fsp3) is 0.600. The Kier molecular flexibility index (Phi) is 5.37. The Hall–Kier alpha value is -1.02. The lowest BCUT2D eigenvalue weighted by Gasteiger charge is -2.15. The molecule has 0 unspecified atom stereocenters. The first kappa shape index (κ1) is 12.4. The van der Waals surface area contributed by atoms with Crippen molar-refractivity contribution >= 4 is 5.69 Å². The number of benzene rings is 1. The Morgan fingerprint density at radius 2 is 1.71 bits per heavy atom. The largest absolute Gasteiger partial charge is 0.383 e. The summed E-state index contributed by atoms with van der Waals surface area (Å²) in [6.45, 7) is 1.72. The Morgan fingerprint density at radius 1 is 1.00 bits per heavy atom. The summed E-state index contributed by atoms with van der Waals surface area (Å²) in [5.41, 5.74) is 1.18. The molecule has 17 heavy (non-hydrogen) atoms. The Labute approximate surface area is 104 Å². The van der Waals surface area contributed by atoms with Crippen molar-refractivity contribution < 1.29 is 4.74 Å². The summed E-state index contributed by atoms with van der Waals surface area (Å²) in [6, 6.07) is 10.3.